The zero-order valence-corrected chi connectivity index (χ0v) is 23.0. The fourth-order valence-electron chi connectivity index (χ4n) is 3.75. The van der Waals surface area contributed by atoms with Gasteiger partial charge in [-0.15, -0.1) is 28.8 Å². The molecule has 2 aromatic rings. The predicted molar refractivity (Wildman–Crippen MR) is 139 cm³/mol. The van der Waals surface area contributed by atoms with E-state index >= 15 is 0 Å². The average molecular weight is 579 g/mol. The van der Waals surface area contributed by atoms with E-state index in [9.17, 15) is 17.9 Å². The first-order valence-electron chi connectivity index (χ1n) is 11.4. The lowest BCUT2D eigenvalue weighted by molar-refractivity contribution is -0.893. The number of benzene rings is 2. The fraction of sp³-hybridized carbons (Fsp3) is 0.458. The number of nitrogens with zero attached hydrogens (tertiary/aromatic N) is 3. The van der Waals surface area contributed by atoms with Gasteiger partial charge in [0.1, 0.15) is 36.3 Å². The van der Waals surface area contributed by atoms with Gasteiger partial charge < -0.3 is 19.1 Å². The van der Waals surface area contributed by atoms with E-state index in [1.807, 2.05) is 20.2 Å². The van der Waals surface area contributed by atoms with Gasteiger partial charge >= 0.3 is 0 Å². The third kappa shape index (κ3) is 9.35. The molecule has 37 heavy (non-hydrogen) atoms. The lowest BCUT2D eigenvalue weighted by atomic mass is 10.1. The number of quaternary nitrogens is 1. The molecule has 0 bridgehead atoms. The highest BCUT2D eigenvalue weighted by atomic mass is 35.5. The number of nitriles is 1. The van der Waals surface area contributed by atoms with E-state index in [1.54, 1.807) is 12.1 Å². The minimum absolute atomic E-state index is 0. The summed E-state index contributed by atoms with van der Waals surface area (Å²) in [6, 6.07) is 14.1. The Kier molecular flexibility index (Phi) is 11.5. The highest BCUT2D eigenvalue weighted by Gasteiger charge is 2.33. The molecule has 0 amide bonds. The van der Waals surface area contributed by atoms with Crippen molar-refractivity contribution in [2.45, 2.75) is 29.0 Å². The maximum atomic E-state index is 13.1. The molecule has 0 aromatic heterocycles. The smallest absolute Gasteiger partial charge is 0.253 e. The molecule has 0 saturated carbocycles. The van der Waals surface area contributed by atoms with E-state index in [1.165, 1.54) is 41.4 Å². The van der Waals surface area contributed by atoms with Gasteiger partial charge in [-0.1, -0.05) is 12.1 Å². The van der Waals surface area contributed by atoms with Crippen molar-refractivity contribution in [1.29, 1.82) is 5.26 Å². The molecule has 1 saturated heterocycles. The molecule has 3 atom stereocenters. The Morgan fingerprint density at radius 1 is 1.27 bits per heavy atom. The van der Waals surface area contributed by atoms with E-state index in [2.05, 4.69) is 4.83 Å². The first kappa shape index (κ1) is 31.2. The average Bonchev–Trinajstić information content (AvgIpc) is 2.83. The Hall–Kier alpha value is -2.01. The van der Waals surface area contributed by atoms with E-state index < -0.39 is 27.7 Å². The van der Waals surface area contributed by atoms with Crippen molar-refractivity contribution in [2.24, 2.45) is 0 Å². The quantitative estimate of drug-likeness (QED) is 0.239. The van der Waals surface area contributed by atoms with Gasteiger partial charge in [-0.3, -0.25) is 0 Å². The van der Waals surface area contributed by atoms with Gasteiger partial charge in [-0.2, -0.15) is 5.26 Å². The summed E-state index contributed by atoms with van der Waals surface area (Å²) in [5.74, 6) is 0.146. The summed E-state index contributed by atoms with van der Waals surface area (Å²) in [7, 11) is 0.0663. The van der Waals surface area contributed by atoms with Crippen LogP contribution in [0.2, 0.25) is 0 Å². The number of hydrazine groups is 1. The number of hydrogen-bond donors (Lipinski definition) is 2. The highest BCUT2D eigenvalue weighted by molar-refractivity contribution is 7.89. The van der Waals surface area contributed by atoms with Gasteiger partial charge in [0.15, 0.2) is 6.10 Å². The van der Waals surface area contributed by atoms with Crippen molar-refractivity contribution < 1.29 is 31.9 Å². The van der Waals surface area contributed by atoms with Crippen LogP contribution in [0.4, 0.5) is 4.39 Å². The van der Waals surface area contributed by atoms with E-state index in [4.69, 9.17) is 26.3 Å². The predicted octanol–water partition coefficient (Wildman–Crippen LogP) is 2.29. The van der Waals surface area contributed by atoms with Gasteiger partial charge in [-0.05, 0) is 42.0 Å². The topological polar surface area (TPSA) is 112 Å². The molecule has 13 heteroatoms. The molecular formula is C24H32Cl2FN4O5S+. The molecule has 1 aliphatic heterocycles. The van der Waals surface area contributed by atoms with Gasteiger partial charge in [0.05, 0.1) is 38.2 Å². The second-order valence-electron chi connectivity index (χ2n) is 9.24. The summed E-state index contributed by atoms with van der Waals surface area (Å²) in [6.45, 7) is 1.61. The third-order valence-electron chi connectivity index (χ3n) is 5.74. The third-order valence-corrected chi connectivity index (χ3v) is 7.57. The molecule has 1 heterocycles. The molecule has 9 nitrogen and oxygen atoms in total. The fourth-order valence-corrected chi connectivity index (χ4v) is 5.20. The number of hydrogen-bond acceptors (Lipinski definition) is 7. The van der Waals surface area contributed by atoms with Crippen LogP contribution in [0.25, 0.3) is 0 Å². The zero-order valence-electron chi connectivity index (χ0n) is 20.6. The Morgan fingerprint density at radius 3 is 2.54 bits per heavy atom. The Morgan fingerprint density at radius 2 is 1.92 bits per heavy atom. The molecule has 2 N–H and O–H groups in total. The maximum Gasteiger partial charge on any atom is 0.253 e. The summed E-state index contributed by atoms with van der Waals surface area (Å²) in [5.41, 5.74) is 0.0684. The molecule has 0 radical (unpaired) electrons. The van der Waals surface area contributed by atoms with Crippen LogP contribution in [0.1, 0.15) is 5.56 Å². The van der Waals surface area contributed by atoms with Crippen LogP contribution in [0, 0.1) is 17.1 Å². The van der Waals surface area contributed by atoms with Gasteiger partial charge in [-0.25, -0.2) is 17.8 Å². The number of aliphatic hydroxyl groups is 1. The van der Waals surface area contributed by atoms with Crippen molar-refractivity contribution in [3.05, 3.63) is 59.9 Å². The van der Waals surface area contributed by atoms with Crippen LogP contribution in [0.5, 0.6) is 5.75 Å². The van der Waals surface area contributed by atoms with Gasteiger partial charge in [0.25, 0.3) is 10.0 Å². The normalized spacial score (nSPS) is 19.5. The maximum absolute atomic E-state index is 13.1. The number of nitrogens with one attached hydrogen (secondary N) is 1. The highest BCUT2D eigenvalue weighted by Crippen LogP contribution is 2.20. The summed E-state index contributed by atoms with van der Waals surface area (Å²) >= 11 is 6.13. The van der Waals surface area contributed by atoms with Crippen molar-refractivity contribution in [3.8, 4) is 11.8 Å². The second kappa shape index (κ2) is 13.7. The monoisotopic (exact) mass is 577 g/mol. The molecule has 0 spiro atoms. The minimum Gasteiger partial charge on any atom is -0.491 e. The molecule has 0 aliphatic carbocycles. The van der Waals surface area contributed by atoms with Crippen LogP contribution in [0.3, 0.4) is 0 Å². The lowest BCUT2D eigenvalue weighted by Gasteiger charge is -2.34. The number of morpholine rings is 1. The lowest BCUT2D eigenvalue weighted by Crippen LogP contribution is -2.55. The first-order valence-corrected chi connectivity index (χ1v) is 13.3. The molecule has 1 fully saturated rings. The molecular weight excluding hydrogens is 546 g/mol. The largest absolute Gasteiger partial charge is 0.491 e. The number of alkyl halides is 1. The first-order chi connectivity index (χ1) is 17.0. The van der Waals surface area contributed by atoms with Crippen LogP contribution in [0.15, 0.2) is 53.4 Å². The van der Waals surface area contributed by atoms with E-state index in [-0.39, 0.29) is 42.9 Å². The number of likely N-dealkylation sites (N-methyl/N-ethyl adjacent to an activating group) is 1. The van der Waals surface area contributed by atoms with Crippen molar-refractivity contribution >= 4 is 34.0 Å². The molecule has 2 unspecified atom stereocenters. The van der Waals surface area contributed by atoms with E-state index in [0.717, 1.165) is 18.5 Å². The molecule has 3 rings (SSSR count). The van der Waals surface area contributed by atoms with Gasteiger partial charge in [0, 0.05) is 13.0 Å². The van der Waals surface area contributed by atoms with E-state index in [0.29, 0.717) is 16.8 Å². The minimum atomic E-state index is -3.93. The molecule has 1 aliphatic rings. The number of sulfonamides is 1. The summed E-state index contributed by atoms with van der Waals surface area (Å²) in [5, 5.41) is 20.8. The number of halogens is 3. The standard InChI is InChI=1S/C24H31ClFN4O5S.ClH/c1-30(2,13-11-18-3-5-19(26)6-4-18)16-20(31)17-35-21-7-9-22(10-8-21)36(32,33)28-29-12-14-34-23(15-27)24(29)25;/h3-10,20,23-24,28,31H,11-14,16-17H2,1-2H3;1H/q+1;/t20-,23?,24?;/m1./s1. The van der Waals surface area contributed by atoms with Crippen molar-refractivity contribution in [2.75, 3.05) is 46.9 Å². The van der Waals surface area contributed by atoms with Crippen molar-refractivity contribution in [1.82, 2.24) is 9.84 Å². The zero-order chi connectivity index (χ0) is 26.3. The van der Waals surface area contributed by atoms with Crippen LogP contribution in [-0.4, -0.2) is 87.7 Å². The van der Waals surface area contributed by atoms with Crippen molar-refractivity contribution in [3.63, 3.8) is 0 Å². The Balaban J connectivity index is 0.00000481. The summed E-state index contributed by atoms with van der Waals surface area (Å²) in [6.07, 6.45) is -0.943. The number of ether oxygens (including phenoxy) is 2. The van der Waals surface area contributed by atoms with Gasteiger partial charge in [0.2, 0.25) is 0 Å². The van der Waals surface area contributed by atoms with Crippen LogP contribution >= 0.6 is 24.0 Å². The number of aliphatic hydroxyl groups excluding tert-OH is 1. The number of rotatable bonds is 11. The molecule has 204 valence electrons. The SMILES string of the molecule is C[N+](C)(CCc1ccc(F)cc1)C[C@@H](O)COc1ccc(S(=O)(=O)NN2CCOC(C#N)C2Cl)cc1.Cl. The Bertz CT molecular complexity index is 1150. The van der Waals surface area contributed by atoms with Crippen LogP contribution in [-0.2, 0) is 21.2 Å². The molecule has 2 aromatic carbocycles. The van der Waals surface area contributed by atoms with Crippen LogP contribution < -0.4 is 9.57 Å². The summed E-state index contributed by atoms with van der Waals surface area (Å²) in [4.78, 5) is 2.39. The Labute approximate surface area is 228 Å². The second-order valence-corrected chi connectivity index (χ2v) is 11.3. The summed E-state index contributed by atoms with van der Waals surface area (Å²) < 4.78 is 49.9.